The van der Waals surface area contributed by atoms with Crippen LogP contribution in [0.5, 0.6) is 0 Å². The monoisotopic (exact) mass is 354 g/mol. The average molecular weight is 355 g/mol. The van der Waals surface area contributed by atoms with Crippen LogP contribution in [0.3, 0.4) is 0 Å². The molecule has 0 aliphatic carbocycles. The van der Waals surface area contributed by atoms with E-state index in [4.69, 9.17) is 16.0 Å². The Morgan fingerprint density at radius 3 is 2.40 bits per heavy atom. The lowest BCUT2D eigenvalue weighted by Crippen LogP contribution is -2.33. The molecule has 0 aliphatic rings. The van der Waals surface area contributed by atoms with Crippen LogP contribution in [0.15, 0.2) is 71.3 Å². The summed E-state index contributed by atoms with van der Waals surface area (Å²) in [6, 6.07) is 18.7. The molecule has 1 aromatic heterocycles. The molecule has 128 valence electrons. The maximum Gasteiger partial charge on any atom is 0.322 e. The van der Waals surface area contributed by atoms with Gasteiger partial charge in [0.2, 0.25) is 0 Å². The highest BCUT2D eigenvalue weighted by atomic mass is 35.5. The van der Waals surface area contributed by atoms with Gasteiger partial charge in [0.05, 0.1) is 12.8 Å². The Hall–Kier alpha value is -2.72. The quantitative estimate of drug-likeness (QED) is 0.659. The van der Waals surface area contributed by atoms with Crippen molar-refractivity contribution in [2.24, 2.45) is 0 Å². The van der Waals surface area contributed by atoms with E-state index < -0.39 is 0 Å². The van der Waals surface area contributed by atoms with Gasteiger partial charge in [-0.3, -0.25) is 0 Å². The van der Waals surface area contributed by atoms with Gasteiger partial charge in [0.25, 0.3) is 0 Å². The topological polar surface area (TPSA) is 45.5 Å². The van der Waals surface area contributed by atoms with E-state index in [-0.39, 0.29) is 6.03 Å². The Balaban J connectivity index is 1.75. The molecule has 0 saturated carbocycles. The van der Waals surface area contributed by atoms with E-state index >= 15 is 0 Å². The summed E-state index contributed by atoms with van der Waals surface area (Å²) in [4.78, 5) is 14.4. The molecule has 0 saturated heterocycles. The number of anilines is 1. The molecule has 3 aromatic rings. The number of urea groups is 1. The number of carbonyl (C=O) groups excluding carboxylic acids is 1. The summed E-state index contributed by atoms with van der Waals surface area (Å²) in [5, 5.41) is 3.53. The molecule has 0 bridgehead atoms. The van der Waals surface area contributed by atoms with Gasteiger partial charge in [-0.1, -0.05) is 41.4 Å². The second-order valence-electron chi connectivity index (χ2n) is 5.86. The van der Waals surface area contributed by atoms with Crippen molar-refractivity contribution in [2.45, 2.75) is 20.0 Å². The van der Waals surface area contributed by atoms with E-state index in [1.54, 1.807) is 35.4 Å². The Morgan fingerprint density at radius 2 is 1.76 bits per heavy atom. The normalized spacial score (nSPS) is 10.5. The fourth-order valence-electron chi connectivity index (χ4n) is 2.44. The number of nitrogens with zero attached hydrogens (tertiary/aromatic N) is 1. The molecule has 25 heavy (non-hydrogen) atoms. The van der Waals surface area contributed by atoms with Crippen molar-refractivity contribution in [1.82, 2.24) is 4.90 Å². The smallest absolute Gasteiger partial charge is 0.322 e. The molecule has 4 nitrogen and oxygen atoms in total. The van der Waals surface area contributed by atoms with Crippen molar-refractivity contribution in [2.75, 3.05) is 5.32 Å². The number of halogens is 1. The lowest BCUT2D eigenvalue weighted by atomic mass is 10.1. The van der Waals surface area contributed by atoms with Gasteiger partial charge >= 0.3 is 6.03 Å². The van der Waals surface area contributed by atoms with Crippen LogP contribution in [-0.4, -0.2) is 10.9 Å². The zero-order valence-corrected chi connectivity index (χ0v) is 14.7. The van der Waals surface area contributed by atoms with Crippen molar-refractivity contribution in [3.05, 3.63) is 88.8 Å². The van der Waals surface area contributed by atoms with E-state index in [0.29, 0.717) is 23.8 Å². The van der Waals surface area contributed by atoms with Gasteiger partial charge in [0.15, 0.2) is 0 Å². The SMILES string of the molecule is Cc1ccc(CN(Cc2ccco2)C(=O)Nc2ccc(Cl)cc2)cc1. The number of hydrogen-bond donors (Lipinski definition) is 1. The number of nitrogens with one attached hydrogen (secondary N) is 1. The van der Waals surface area contributed by atoms with Crippen LogP contribution in [0.25, 0.3) is 0 Å². The molecule has 1 N–H and O–H groups in total. The molecule has 0 atom stereocenters. The van der Waals surface area contributed by atoms with E-state index in [9.17, 15) is 4.79 Å². The van der Waals surface area contributed by atoms with Gasteiger partial charge in [-0.25, -0.2) is 4.79 Å². The number of benzene rings is 2. The van der Waals surface area contributed by atoms with Crippen LogP contribution in [0, 0.1) is 6.92 Å². The summed E-state index contributed by atoms with van der Waals surface area (Å²) in [6.45, 7) is 2.92. The summed E-state index contributed by atoms with van der Waals surface area (Å²) in [5.74, 6) is 0.735. The molecule has 0 spiro atoms. The second-order valence-corrected chi connectivity index (χ2v) is 6.29. The standard InChI is InChI=1S/C20H19ClN2O2/c1-15-4-6-16(7-5-15)13-23(14-19-3-2-12-25-19)20(24)22-18-10-8-17(21)9-11-18/h2-12H,13-14H2,1H3,(H,22,24). The van der Waals surface area contributed by atoms with Crippen LogP contribution >= 0.6 is 11.6 Å². The van der Waals surface area contributed by atoms with Crippen molar-refractivity contribution < 1.29 is 9.21 Å². The average Bonchev–Trinajstić information content (AvgIpc) is 3.11. The minimum absolute atomic E-state index is 0.195. The Bertz CT molecular complexity index is 812. The number of aryl methyl sites for hydroxylation is 1. The number of hydrogen-bond acceptors (Lipinski definition) is 2. The Labute approximate surface area is 152 Å². The number of carbonyl (C=O) groups is 1. The van der Waals surface area contributed by atoms with Crippen molar-refractivity contribution in [3.63, 3.8) is 0 Å². The first-order chi connectivity index (χ1) is 12.1. The summed E-state index contributed by atoms with van der Waals surface area (Å²) in [5.41, 5.74) is 2.94. The molecule has 0 radical (unpaired) electrons. The third kappa shape index (κ3) is 4.88. The number of furan rings is 1. The first-order valence-electron chi connectivity index (χ1n) is 7.99. The molecule has 0 aliphatic heterocycles. The second kappa shape index (κ2) is 7.90. The van der Waals surface area contributed by atoms with Gasteiger partial charge in [-0.2, -0.15) is 0 Å². The largest absolute Gasteiger partial charge is 0.467 e. The minimum atomic E-state index is -0.195. The predicted octanol–water partition coefficient (Wildman–Crippen LogP) is 5.48. The van der Waals surface area contributed by atoms with Crippen LogP contribution in [0.2, 0.25) is 5.02 Å². The highest BCUT2D eigenvalue weighted by Gasteiger charge is 2.16. The third-order valence-corrected chi connectivity index (χ3v) is 4.06. The van der Waals surface area contributed by atoms with Crippen molar-refractivity contribution >= 4 is 23.3 Å². The van der Waals surface area contributed by atoms with Crippen molar-refractivity contribution in [1.29, 1.82) is 0 Å². The zero-order valence-electron chi connectivity index (χ0n) is 13.9. The van der Waals surface area contributed by atoms with E-state index in [2.05, 4.69) is 5.32 Å². The fourth-order valence-corrected chi connectivity index (χ4v) is 2.57. The van der Waals surface area contributed by atoms with Crippen LogP contribution < -0.4 is 5.32 Å². The van der Waals surface area contributed by atoms with Gasteiger partial charge in [0, 0.05) is 17.3 Å². The van der Waals surface area contributed by atoms with E-state index in [1.807, 2.05) is 43.3 Å². The third-order valence-electron chi connectivity index (χ3n) is 3.80. The lowest BCUT2D eigenvalue weighted by Gasteiger charge is -2.22. The Morgan fingerprint density at radius 1 is 1.04 bits per heavy atom. The van der Waals surface area contributed by atoms with Gasteiger partial charge in [-0.05, 0) is 48.9 Å². The lowest BCUT2D eigenvalue weighted by molar-refractivity contribution is 0.201. The summed E-state index contributed by atoms with van der Waals surface area (Å²) >= 11 is 5.89. The van der Waals surface area contributed by atoms with Gasteiger partial charge < -0.3 is 14.6 Å². The minimum Gasteiger partial charge on any atom is -0.467 e. The number of rotatable bonds is 5. The van der Waals surface area contributed by atoms with Gasteiger partial charge in [-0.15, -0.1) is 0 Å². The molecule has 3 rings (SSSR count). The first kappa shape index (κ1) is 17.1. The van der Waals surface area contributed by atoms with Gasteiger partial charge in [0.1, 0.15) is 5.76 Å². The highest BCUT2D eigenvalue weighted by Crippen LogP contribution is 2.16. The maximum atomic E-state index is 12.7. The fraction of sp³-hybridized carbons (Fsp3) is 0.150. The molecule has 2 amide bonds. The first-order valence-corrected chi connectivity index (χ1v) is 8.37. The van der Waals surface area contributed by atoms with Crippen molar-refractivity contribution in [3.8, 4) is 0 Å². The molecule has 2 aromatic carbocycles. The molecular formula is C20H19ClN2O2. The molecule has 0 fully saturated rings. The summed E-state index contributed by atoms with van der Waals surface area (Å²) in [6.07, 6.45) is 1.61. The maximum absolute atomic E-state index is 12.7. The molecule has 5 heteroatoms. The number of amides is 2. The zero-order chi connectivity index (χ0) is 17.6. The molecular weight excluding hydrogens is 336 g/mol. The molecule has 1 heterocycles. The summed E-state index contributed by atoms with van der Waals surface area (Å²) in [7, 11) is 0. The molecule has 0 unspecified atom stereocenters. The summed E-state index contributed by atoms with van der Waals surface area (Å²) < 4.78 is 5.40. The van der Waals surface area contributed by atoms with Crippen LogP contribution in [0.4, 0.5) is 10.5 Å². The predicted molar refractivity (Wildman–Crippen MR) is 99.6 cm³/mol. The van der Waals surface area contributed by atoms with E-state index in [1.165, 1.54) is 5.56 Å². The Kier molecular flexibility index (Phi) is 5.41. The van der Waals surface area contributed by atoms with Crippen LogP contribution in [-0.2, 0) is 13.1 Å². The van der Waals surface area contributed by atoms with Crippen LogP contribution in [0.1, 0.15) is 16.9 Å². The highest BCUT2D eigenvalue weighted by molar-refractivity contribution is 6.30. The van der Waals surface area contributed by atoms with E-state index in [0.717, 1.165) is 11.3 Å².